The van der Waals surface area contributed by atoms with Crippen LogP contribution in [0.15, 0.2) is 48.8 Å². The van der Waals surface area contributed by atoms with Crippen LogP contribution in [0.4, 0.5) is 0 Å². The summed E-state index contributed by atoms with van der Waals surface area (Å²) < 4.78 is 0. The standard InChI is InChI=1S/C14H15ClN2.C2H2O4/c15-14-5-1-3-12(9-14)6-8-17-11-13-4-2-7-16-10-13;3-1(4)2(5)6/h1-5,7,9-10,17H,6,8,11H2;(H,3,4)(H,5,6). The first-order valence-corrected chi connectivity index (χ1v) is 7.17. The van der Waals surface area contributed by atoms with E-state index in [0.717, 1.165) is 24.5 Å². The van der Waals surface area contributed by atoms with Crippen LogP contribution in [0, 0.1) is 0 Å². The Morgan fingerprint density at radius 2 is 1.78 bits per heavy atom. The lowest BCUT2D eigenvalue weighted by Gasteiger charge is -2.05. The second kappa shape index (κ2) is 10.3. The molecular weight excluding hydrogens is 320 g/mol. The molecule has 0 fully saturated rings. The summed E-state index contributed by atoms with van der Waals surface area (Å²) in [7, 11) is 0. The summed E-state index contributed by atoms with van der Waals surface area (Å²) in [6, 6.07) is 12.0. The summed E-state index contributed by atoms with van der Waals surface area (Å²) in [5.41, 5.74) is 2.47. The minimum absolute atomic E-state index is 0.801. The second-order valence-electron chi connectivity index (χ2n) is 4.53. The summed E-state index contributed by atoms with van der Waals surface area (Å²) in [6.07, 6.45) is 4.66. The zero-order valence-electron chi connectivity index (χ0n) is 12.3. The number of nitrogens with one attached hydrogen (secondary N) is 1. The Balaban J connectivity index is 0.000000379. The molecule has 122 valence electrons. The van der Waals surface area contributed by atoms with Crippen molar-refractivity contribution in [2.75, 3.05) is 6.54 Å². The van der Waals surface area contributed by atoms with E-state index in [-0.39, 0.29) is 0 Å². The molecule has 0 aliphatic carbocycles. The zero-order chi connectivity index (χ0) is 17.1. The smallest absolute Gasteiger partial charge is 0.414 e. The van der Waals surface area contributed by atoms with Crippen molar-refractivity contribution in [3.8, 4) is 0 Å². The fourth-order valence-electron chi connectivity index (χ4n) is 1.66. The Bertz CT molecular complexity index is 623. The maximum absolute atomic E-state index is 9.10. The quantitative estimate of drug-likeness (QED) is 0.572. The molecular formula is C16H17ClN2O4. The van der Waals surface area contributed by atoms with Gasteiger partial charge in [0.2, 0.25) is 0 Å². The predicted molar refractivity (Wildman–Crippen MR) is 86.4 cm³/mol. The monoisotopic (exact) mass is 336 g/mol. The Morgan fingerprint density at radius 1 is 1.09 bits per heavy atom. The van der Waals surface area contributed by atoms with Crippen molar-refractivity contribution in [3.05, 3.63) is 64.9 Å². The molecule has 0 aliphatic heterocycles. The highest BCUT2D eigenvalue weighted by Crippen LogP contribution is 2.10. The van der Waals surface area contributed by atoms with Crippen molar-refractivity contribution in [3.63, 3.8) is 0 Å². The van der Waals surface area contributed by atoms with Crippen molar-refractivity contribution < 1.29 is 19.8 Å². The van der Waals surface area contributed by atoms with E-state index in [1.807, 2.05) is 30.5 Å². The van der Waals surface area contributed by atoms with Crippen molar-refractivity contribution in [2.24, 2.45) is 0 Å². The molecule has 0 bridgehead atoms. The normalized spacial score (nSPS) is 9.61. The van der Waals surface area contributed by atoms with Crippen LogP contribution in [0.3, 0.4) is 0 Å². The lowest BCUT2D eigenvalue weighted by atomic mass is 10.1. The Morgan fingerprint density at radius 3 is 2.35 bits per heavy atom. The summed E-state index contributed by atoms with van der Waals surface area (Å²) in [6.45, 7) is 1.80. The molecule has 1 aromatic carbocycles. The first kappa shape index (κ1) is 18.6. The van der Waals surface area contributed by atoms with Crippen LogP contribution in [0.1, 0.15) is 11.1 Å². The first-order chi connectivity index (χ1) is 11.0. The number of hydrogen-bond acceptors (Lipinski definition) is 4. The van der Waals surface area contributed by atoms with Gasteiger partial charge in [-0.25, -0.2) is 9.59 Å². The molecule has 2 aromatic rings. The van der Waals surface area contributed by atoms with Crippen molar-refractivity contribution in [2.45, 2.75) is 13.0 Å². The van der Waals surface area contributed by atoms with Gasteiger partial charge in [-0.2, -0.15) is 0 Å². The minimum Gasteiger partial charge on any atom is -0.473 e. The molecule has 0 spiro atoms. The van der Waals surface area contributed by atoms with Gasteiger partial charge in [-0.15, -0.1) is 0 Å². The summed E-state index contributed by atoms with van der Waals surface area (Å²) in [5.74, 6) is -3.65. The molecule has 1 aromatic heterocycles. The molecule has 3 N–H and O–H groups in total. The molecule has 0 saturated carbocycles. The first-order valence-electron chi connectivity index (χ1n) is 6.79. The van der Waals surface area contributed by atoms with Gasteiger partial charge in [0.25, 0.3) is 0 Å². The average molecular weight is 337 g/mol. The average Bonchev–Trinajstić information content (AvgIpc) is 2.53. The number of benzene rings is 1. The van der Waals surface area contributed by atoms with Crippen LogP contribution in [-0.2, 0) is 22.6 Å². The van der Waals surface area contributed by atoms with E-state index in [1.54, 1.807) is 6.20 Å². The summed E-state index contributed by atoms with van der Waals surface area (Å²) >= 11 is 5.92. The van der Waals surface area contributed by atoms with E-state index >= 15 is 0 Å². The fourth-order valence-corrected chi connectivity index (χ4v) is 1.87. The number of pyridine rings is 1. The Kier molecular flexibility index (Phi) is 8.34. The van der Waals surface area contributed by atoms with Crippen LogP contribution in [-0.4, -0.2) is 33.7 Å². The van der Waals surface area contributed by atoms with Crippen LogP contribution >= 0.6 is 11.6 Å². The summed E-state index contributed by atoms with van der Waals surface area (Å²) in [5, 5.41) is 19.0. The number of rotatable bonds is 5. The molecule has 7 heteroatoms. The van der Waals surface area contributed by atoms with E-state index in [9.17, 15) is 0 Å². The molecule has 23 heavy (non-hydrogen) atoms. The number of nitrogens with zero attached hydrogens (tertiary/aromatic N) is 1. The van der Waals surface area contributed by atoms with Gasteiger partial charge in [0.05, 0.1) is 0 Å². The van der Waals surface area contributed by atoms with Gasteiger partial charge in [0.15, 0.2) is 0 Å². The molecule has 6 nitrogen and oxygen atoms in total. The van der Waals surface area contributed by atoms with Crippen molar-refractivity contribution in [1.82, 2.24) is 10.3 Å². The SMILES string of the molecule is Clc1cccc(CCNCc2cccnc2)c1.O=C(O)C(=O)O. The van der Waals surface area contributed by atoms with Gasteiger partial charge < -0.3 is 15.5 Å². The number of aliphatic carboxylic acids is 2. The number of carbonyl (C=O) groups is 2. The van der Waals surface area contributed by atoms with Crippen LogP contribution in [0.5, 0.6) is 0 Å². The van der Waals surface area contributed by atoms with E-state index in [1.165, 1.54) is 11.1 Å². The Hall–Kier alpha value is -2.44. The van der Waals surface area contributed by atoms with E-state index in [0.29, 0.717) is 0 Å². The van der Waals surface area contributed by atoms with Gasteiger partial charge in [-0.3, -0.25) is 4.98 Å². The third-order valence-electron chi connectivity index (χ3n) is 2.71. The van der Waals surface area contributed by atoms with E-state index < -0.39 is 11.9 Å². The second-order valence-corrected chi connectivity index (χ2v) is 4.96. The number of carboxylic acids is 2. The van der Waals surface area contributed by atoms with Gasteiger partial charge in [0.1, 0.15) is 0 Å². The minimum atomic E-state index is -1.82. The third kappa shape index (κ3) is 8.55. The lowest BCUT2D eigenvalue weighted by molar-refractivity contribution is -0.159. The van der Waals surface area contributed by atoms with Gasteiger partial charge in [-0.05, 0) is 42.3 Å². The van der Waals surface area contributed by atoms with Crippen LogP contribution < -0.4 is 5.32 Å². The predicted octanol–water partition coefficient (Wildman–Crippen LogP) is 2.22. The largest absolute Gasteiger partial charge is 0.473 e. The van der Waals surface area contributed by atoms with E-state index in [4.69, 9.17) is 31.4 Å². The molecule has 0 atom stereocenters. The van der Waals surface area contributed by atoms with Crippen LogP contribution in [0.25, 0.3) is 0 Å². The maximum atomic E-state index is 9.10. The van der Waals surface area contributed by atoms with Crippen molar-refractivity contribution >= 4 is 23.5 Å². The van der Waals surface area contributed by atoms with E-state index in [2.05, 4.69) is 22.4 Å². The highest BCUT2D eigenvalue weighted by molar-refractivity contribution is 6.30. The molecule has 0 aliphatic rings. The number of halogens is 1. The highest BCUT2D eigenvalue weighted by atomic mass is 35.5. The lowest BCUT2D eigenvalue weighted by Crippen LogP contribution is -2.16. The third-order valence-corrected chi connectivity index (χ3v) is 2.95. The molecule has 0 amide bonds. The maximum Gasteiger partial charge on any atom is 0.414 e. The number of aromatic nitrogens is 1. The molecule has 2 rings (SSSR count). The topological polar surface area (TPSA) is 99.5 Å². The van der Waals surface area contributed by atoms with Gasteiger partial charge >= 0.3 is 11.9 Å². The molecule has 0 unspecified atom stereocenters. The Labute approximate surface area is 138 Å². The highest BCUT2D eigenvalue weighted by Gasteiger charge is 2.04. The summed E-state index contributed by atoms with van der Waals surface area (Å²) in [4.78, 5) is 22.3. The van der Waals surface area contributed by atoms with Crippen LogP contribution in [0.2, 0.25) is 5.02 Å². The zero-order valence-corrected chi connectivity index (χ0v) is 13.0. The van der Waals surface area contributed by atoms with Gasteiger partial charge in [0, 0.05) is 24.0 Å². The molecule has 0 saturated heterocycles. The van der Waals surface area contributed by atoms with Gasteiger partial charge in [-0.1, -0.05) is 29.8 Å². The number of carboxylic acid groups (broad SMARTS) is 2. The fraction of sp³-hybridized carbons (Fsp3) is 0.188. The van der Waals surface area contributed by atoms with Crippen molar-refractivity contribution in [1.29, 1.82) is 0 Å². The molecule has 0 radical (unpaired) electrons. The number of hydrogen-bond donors (Lipinski definition) is 3. The molecule has 1 heterocycles.